The molecule has 3 heterocycles. The number of ether oxygens (including phenoxy) is 2. The molecule has 0 bridgehead atoms. The number of nitrogens with zero attached hydrogens (tertiary/aromatic N) is 1. The Kier molecular flexibility index (Phi) is 5.09. The predicted octanol–water partition coefficient (Wildman–Crippen LogP) is 2.92. The molecule has 0 unspecified atom stereocenters. The first kappa shape index (κ1) is 18.9. The van der Waals surface area contributed by atoms with Gasteiger partial charge >= 0.3 is 0 Å². The highest BCUT2D eigenvalue weighted by Crippen LogP contribution is 2.46. The molecule has 0 saturated carbocycles. The van der Waals surface area contributed by atoms with E-state index in [1.807, 2.05) is 6.07 Å². The SMILES string of the molecule is Cc1oc2ccc(OCc3cncs3)c(C3(CO)CCOCC3)c2c1C(N)=O. The summed E-state index contributed by atoms with van der Waals surface area (Å²) in [5.74, 6) is 0.515. The molecule has 7 nitrogen and oxygen atoms in total. The number of aliphatic hydroxyl groups is 1. The van der Waals surface area contributed by atoms with Crippen molar-refractivity contribution in [1.82, 2.24) is 4.98 Å². The zero-order valence-corrected chi connectivity index (χ0v) is 16.4. The molecule has 0 aliphatic carbocycles. The average molecular weight is 402 g/mol. The normalized spacial score (nSPS) is 16.4. The Balaban J connectivity index is 1.92. The number of benzene rings is 1. The number of carbonyl (C=O) groups excluding carboxylic acids is 1. The van der Waals surface area contributed by atoms with Crippen LogP contribution in [0.3, 0.4) is 0 Å². The summed E-state index contributed by atoms with van der Waals surface area (Å²) in [5.41, 5.74) is 8.50. The maximum absolute atomic E-state index is 12.2. The molecule has 148 valence electrons. The van der Waals surface area contributed by atoms with Gasteiger partial charge in [-0.3, -0.25) is 9.78 Å². The Labute approximate surface area is 166 Å². The molecule has 1 aliphatic rings. The standard InChI is InChI=1S/C20H22N2O5S/c1-12-16(19(21)24)17-14(27-12)2-3-15(26-9-13-8-22-11-28-13)18(17)20(10-23)4-6-25-7-5-20/h2-3,8,11,23H,4-7,9-10H2,1H3,(H2,21,24). The van der Waals surface area contributed by atoms with E-state index in [4.69, 9.17) is 19.6 Å². The van der Waals surface area contributed by atoms with Crippen LogP contribution in [0.4, 0.5) is 0 Å². The first-order valence-electron chi connectivity index (χ1n) is 9.11. The zero-order valence-electron chi connectivity index (χ0n) is 15.6. The van der Waals surface area contributed by atoms with E-state index >= 15 is 0 Å². The number of fused-ring (bicyclic) bond motifs is 1. The van der Waals surface area contributed by atoms with Crippen molar-refractivity contribution in [3.63, 3.8) is 0 Å². The number of aryl methyl sites for hydroxylation is 1. The lowest BCUT2D eigenvalue weighted by molar-refractivity contribution is 0.0247. The van der Waals surface area contributed by atoms with E-state index in [0.717, 1.165) is 10.4 Å². The highest BCUT2D eigenvalue weighted by atomic mass is 32.1. The lowest BCUT2D eigenvalue weighted by atomic mass is 9.72. The lowest BCUT2D eigenvalue weighted by Gasteiger charge is -2.37. The summed E-state index contributed by atoms with van der Waals surface area (Å²) in [6.07, 6.45) is 2.99. The molecule has 1 amide bonds. The van der Waals surface area contributed by atoms with E-state index in [0.29, 0.717) is 60.7 Å². The Morgan fingerprint density at radius 2 is 2.18 bits per heavy atom. The molecule has 0 atom stereocenters. The number of thiazole rings is 1. The number of amides is 1. The molecule has 4 rings (SSSR count). The molecule has 0 radical (unpaired) electrons. The van der Waals surface area contributed by atoms with Gasteiger partial charge in [-0.1, -0.05) is 0 Å². The Bertz CT molecular complexity index is 990. The third-order valence-corrected chi connectivity index (χ3v) is 6.13. The van der Waals surface area contributed by atoms with E-state index in [-0.39, 0.29) is 6.61 Å². The van der Waals surface area contributed by atoms with Crippen molar-refractivity contribution in [2.24, 2.45) is 5.73 Å². The summed E-state index contributed by atoms with van der Waals surface area (Å²) in [6, 6.07) is 3.62. The highest BCUT2D eigenvalue weighted by molar-refractivity contribution is 7.09. The van der Waals surface area contributed by atoms with Crippen LogP contribution < -0.4 is 10.5 Å². The monoisotopic (exact) mass is 402 g/mol. The smallest absolute Gasteiger partial charge is 0.252 e. The van der Waals surface area contributed by atoms with E-state index in [9.17, 15) is 9.90 Å². The Morgan fingerprint density at radius 3 is 2.82 bits per heavy atom. The van der Waals surface area contributed by atoms with Crippen LogP contribution in [0.5, 0.6) is 5.75 Å². The maximum atomic E-state index is 12.2. The minimum absolute atomic E-state index is 0.0885. The largest absolute Gasteiger partial charge is 0.488 e. The molecule has 1 aromatic carbocycles. The number of carbonyl (C=O) groups is 1. The van der Waals surface area contributed by atoms with Gasteiger partial charge in [0.15, 0.2) is 0 Å². The van der Waals surface area contributed by atoms with Crippen LogP contribution in [-0.2, 0) is 16.8 Å². The van der Waals surface area contributed by atoms with Gasteiger partial charge in [0.1, 0.15) is 23.7 Å². The first-order chi connectivity index (χ1) is 13.6. The molecule has 3 aromatic rings. The molecule has 1 aliphatic heterocycles. The number of aromatic nitrogens is 1. The van der Waals surface area contributed by atoms with Crippen molar-refractivity contribution in [2.75, 3.05) is 19.8 Å². The van der Waals surface area contributed by atoms with Crippen LogP contribution in [0.2, 0.25) is 0 Å². The topological polar surface area (TPSA) is 108 Å². The molecule has 3 N–H and O–H groups in total. The zero-order chi connectivity index (χ0) is 19.7. The van der Waals surface area contributed by atoms with Crippen LogP contribution in [0.15, 0.2) is 28.3 Å². The summed E-state index contributed by atoms with van der Waals surface area (Å²) in [6.45, 7) is 3.03. The molecule has 1 fully saturated rings. The third kappa shape index (κ3) is 3.17. The van der Waals surface area contributed by atoms with Crippen molar-refractivity contribution < 1.29 is 23.8 Å². The fourth-order valence-corrected chi connectivity index (χ4v) is 4.45. The number of aliphatic hydroxyl groups excluding tert-OH is 1. The first-order valence-corrected chi connectivity index (χ1v) is 9.99. The van der Waals surface area contributed by atoms with Gasteiger partial charge in [-0.25, -0.2) is 0 Å². The quantitative estimate of drug-likeness (QED) is 0.656. The maximum Gasteiger partial charge on any atom is 0.252 e. The number of hydrogen-bond donors (Lipinski definition) is 2. The molecule has 8 heteroatoms. The van der Waals surface area contributed by atoms with Gasteiger partial charge in [-0.05, 0) is 31.9 Å². The summed E-state index contributed by atoms with van der Waals surface area (Å²) < 4.78 is 17.5. The van der Waals surface area contributed by atoms with E-state index in [2.05, 4.69) is 4.98 Å². The lowest BCUT2D eigenvalue weighted by Crippen LogP contribution is -2.38. The van der Waals surface area contributed by atoms with Gasteiger partial charge in [0.2, 0.25) is 0 Å². The van der Waals surface area contributed by atoms with Gasteiger partial charge in [0, 0.05) is 35.8 Å². The van der Waals surface area contributed by atoms with Gasteiger partial charge < -0.3 is 24.7 Å². The van der Waals surface area contributed by atoms with Crippen LogP contribution in [0, 0.1) is 6.92 Å². The second-order valence-corrected chi connectivity index (χ2v) is 7.99. The van der Waals surface area contributed by atoms with Crippen molar-refractivity contribution in [3.8, 4) is 5.75 Å². The summed E-state index contributed by atoms with van der Waals surface area (Å²) >= 11 is 1.51. The van der Waals surface area contributed by atoms with Gasteiger partial charge in [0.05, 0.1) is 22.6 Å². The number of furan rings is 1. The van der Waals surface area contributed by atoms with Crippen LogP contribution in [0.25, 0.3) is 11.0 Å². The van der Waals surface area contributed by atoms with Crippen LogP contribution in [-0.4, -0.2) is 35.8 Å². The molecule has 1 saturated heterocycles. The minimum atomic E-state index is -0.596. The number of rotatable bonds is 6. The van der Waals surface area contributed by atoms with Crippen molar-refractivity contribution >= 4 is 28.2 Å². The fraction of sp³-hybridized carbons (Fsp3) is 0.400. The second kappa shape index (κ2) is 7.54. The van der Waals surface area contributed by atoms with Gasteiger partial charge in [-0.2, -0.15) is 0 Å². The number of nitrogens with two attached hydrogens (primary N) is 1. The fourth-order valence-electron chi connectivity index (χ4n) is 3.94. The third-order valence-electron chi connectivity index (χ3n) is 5.38. The van der Waals surface area contributed by atoms with Gasteiger partial charge in [0.25, 0.3) is 5.91 Å². The average Bonchev–Trinajstić information content (AvgIpc) is 3.33. The molecule has 2 aromatic heterocycles. The highest BCUT2D eigenvalue weighted by Gasteiger charge is 2.40. The van der Waals surface area contributed by atoms with Crippen molar-refractivity contribution in [2.45, 2.75) is 31.8 Å². The van der Waals surface area contributed by atoms with Crippen molar-refractivity contribution in [1.29, 1.82) is 0 Å². The molecular formula is C20H22N2O5S. The van der Waals surface area contributed by atoms with Crippen molar-refractivity contribution in [3.05, 3.63) is 45.6 Å². The van der Waals surface area contributed by atoms with Gasteiger partial charge in [-0.15, -0.1) is 11.3 Å². The summed E-state index contributed by atoms with van der Waals surface area (Å²) in [7, 11) is 0. The van der Waals surface area contributed by atoms with Crippen LogP contribution in [0.1, 0.15) is 39.4 Å². The van der Waals surface area contributed by atoms with E-state index in [1.54, 1.807) is 24.7 Å². The van der Waals surface area contributed by atoms with E-state index < -0.39 is 11.3 Å². The van der Waals surface area contributed by atoms with Crippen LogP contribution >= 0.6 is 11.3 Å². The number of hydrogen-bond acceptors (Lipinski definition) is 7. The Hall–Kier alpha value is -2.42. The molecule has 0 spiro atoms. The van der Waals surface area contributed by atoms with E-state index in [1.165, 1.54) is 11.3 Å². The second-order valence-electron chi connectivity index (χ2n) is 7.02. The Morgan fingerprint density at radius 1 is 1.39 bits per heavy atom. The molecular weight excluding hydrogens is 380 g/mol. The number of primary amides is 1. The molecule has 28 heavy (non-hydrogen) atoms. The minimum Gasteiger partial charge on any atom is -0.488 e. The predicted molar refractivity (Wildman–Crippen MR) is 105 cm³/mol. The summed E-state index contributed by atoms with van der Waals surface area (Å²) in [5, 5.41) is 11.0. The summed E-state index contributed by atoms with van der Waals surface area (Å²) in [4.78, 5) is 17.3.